The number of halogens is 1. The maximum atomic E-state index is 13.3. The predicted octanol–water partition coefficient (Wildman–Crippen LogP) is 7.80. The third kappa shape index (κ3) is 5.01. The van der Waals surface area contributed by atoms with E-state index in [1.165, 1.54) is 31.5 Å². The number of aromatic nitrogens is 1. The Labute approximate surface area is 228 Å². The number of hydrogen-bond donors (Lipinski definition) is 1. The molecule has 1 aromatic heterocycles. The number of nitrogens with zero attached hydrogens (tertiary/aromatic N) is 2. The summed E-state index contributed by atoms with van der Waals surface area (Å²) in [5.41, 5.74) is 7.41. The Hall–Kier alpha value is -3.41. The van der Waals surface area contributed by atoms with E-state index < -0.39 is 0 Å². The molecule has 0 spiro atoms. The zero-order valence-electron chi connectivity index (χ0n) is 21.9. The molecular weight excluding hydrogens is 494 g/mol. The lowest BCUT2D eigenvalue weighted by molar-refractivity contribution is 0.0968. The van der Waals surface area contributed by atoms with Gasteiger partial charge in [-0.25, -0.2) is 0 Å². The van der Waals surface area contributed by atoms with Crippen LogP contribution in [0.5, 0.6) is 5.75 Å². The van der Waals surface area contributed by atoms with Gasteiger partial charge in [-0.3, -0.25) is 14.7 Å². The van der Waals surface area contributed by atoms with Crippen molar-refractivity contribution in [2.24, 2.45) is 5.92 Å². The Morgan fingerprint density at radius 1 is 1.05 bits per heavy atom. The maximum Gasteiger partial charge on any atom is 0.169 e. The topological polar surface area (TPSA) is 54.5 Å². The van der Waals surface area contributed by atoms with E-state index in [9.17, 15) is 4.79 Å². The lowest BCUT2D eigenvalue weighted by atomic mass is 9.98. The van der Waals surface area contributed by atoms with Crippen LogP contribution in [-0.4, -0.2) is 35.9 Å². The fourth-order valence-corrected chi connectivity index (χ4v) is 5.54. The minimum absolute atomic E-state index is 0.0981. The predicted molar refractivity (Wildman–Crippen MR) is 155 cm³/mol. The van der Waals surface area contributed by atoms with Gasteiger partial charge in [-0.2, -0.15) is 0 Å². The number of methoxy groups -OCH3 is 1. The van der Waals surface area contributed by atoms with E-state index in [1.54, 1.807) is 13.3 Å². The molecule has 1 aliphatic heterocycles. The molecule has 0 unspecified atom stereocenters. The van der Waals surface area contributed by atoms with Gasteiger partial charge >= 0.3 is 0 Å². The summed E-state index contributed by atoms with van der Waals surface area (Å²) in [6.45, 7) is 5.28. The van der Waals surface area contributed by atoms with Crippen LogP contribution < -0.4 is 10.1 Å². The van der Waals surface area contributed by atoms with Gasteiger partial charge < -0.3 is 10.1 Å². The van der Waals surface area contributed by atoms with Gasteiger partial charge in [0.25, 0.3) is 0 Å². The Morgan fingerprint density at radius 3 is 2.53 bits per heavy atom. The molecule has 1 N–H and O–H groups in total. The molecule has 2 aliphatic rings. The van der Waals surface area contributed by atoms with Gasteiger partial charge in [0.05, 0.1) is 23.9 Å². The van der Waals surface area contributed by atoms with Crippen molar-refractivity contribution in [1.29, 1.82) is 0 Å². The molecule has 1 saturated carbocycles. The molecule has 6 heteroatoms. The molecule has 38 heavy (non-hydrogen) atoms. The summed E-state index contributed by atoms with van der Waals surface area (Å²) in [6, 6.07) is 18.7. The molecule has 4 aromatic rings. The molecule has 0 bridgehead atoms. The van der Waals surface area contributed by atoms with Gasteiger partial charge in [0.1, 0.15) is 5.75 Å². The second-order valence-electron chi connectivity index (χ2n) is 10.5. The zero-order valence-corrected chi connectivity index (χ0v) is 22.6. The highest BCUT2D eigenvalue weighted by Gasteiger charge is 2.32. The Kier molecular flexibility index (Phi) is 6.81. The van der Waals surface area contributed by atoms with Crippen molar-refractivity contribution in [2.75, 3.05) is 25.5 Å². The van der Waals surface area contributed by atoms with Crippen molar-refractivity contribution in [3.63, 3.8) is 0 Å². The maximum absolute atomic E-state index is 13.3. The smallest absolute Gasteiger partial charge is 0.169 e. The first-order chi connectivity index (χ1) is 18.5. The molecule has 1 aliphatic carbocycles. The van der Waals surface area contributed by atoms with Crippen LogP contribution in [0, 0.1) is 12.8 Å². The van der Waals surface area contributed by atoms with Crippen molar-refractivity contribution in [2.45, 2.75) is 39.2 Å². The lowest BCUT2D eigenvalue weighted by Crippen LogP contribution is -2.18. The summed E-state index contributed by atoms with van der Waals surface area (Å²) in [6.07, 6.45) is 6.21. The summed E-state index contributed by atoms with van der Waals surface area (Å²) < 4.78 is 5.56. The number of pyridine rings is 1. The normalized spacial score (nSPS) is 15.7. The number of rotatable bonds is 8. The number of carbonyl (C=O) groups excluding carboxylic acids is 1. The Balaban J connectivity index is 1.40. The van der Waals surface area contributed by atoms with Crippen LogP contribution in [0.15, 0.2) is 60.8 Å². The first-order valence-corrected chi connectivity index (χ1v) is 13.8. The molecule has 2 heterocycles. The minimum atomic E-state index is 0.0981. The number of ether oxygens (including phenoxy) is 1. The summed E-state index contributed by atoms with van der Waals surface area (Å²) in [5, 5.41) is 5.16. The fraction of sp³-hybridized carbons (Fsp3) is 0.312. The Bertz CT molecular complexity index is 1510. The Morgan fingerprint density at radius 2 is 1.82 bits per heavy atom. The van der Waals surface area contributed by atoms with E-state index in [0.717, 1.165) is 64.1 Å². The van der Waals surface area contributed by atoms with Gasteiger partial charge in [0.15, 0.2) is 5.78 Å². The zero-order chi connectivity index (χ0) is 26.2. The molecule has 2 fully saturated rings. The summed E-state index contributed by atoms with van der Waals surface area (Å²) in [4.78, 5) is 20.5. The minimum Gasteiger partial charge on any atom is -0.496 e. The van der Waals surface area contributed by atoms with E-state index in [2.05, 4.69) is 45.5 Å². The van der Waals surface area contributed by atoms with Crippen LogP contribution >= 0.6 is 11.6 Å². The van der Waals surface area contributed by atoms with Gasteiger partial charge in [-0.1, -0.05) is 29.8 Å². The summed E-state index contributed by atoms with van der Waals surface area (Å²) in [5.74, 6) is 1.01. The molecular formula is C32H32ClN3O2. The lowest BCUT2D eigenvalue weighted by Gasteiger charge is -2.17. The molecule has 3 aromatic carbocycles. The number of anilines is 2. The largest absolute Gasteiger partial charge is 0.496 e. The SMILES string of the molecule is COc1cc(-c2ccc3ncc(C(=O)C4CC4)c(Nc4ccc(CN5CCCC5)cc4)c3c2)cc(Cl)c1C. The number of nitrogens with one attached hydrogen (secondary N) is 1. The quantitative estimate of drug-likeness (QED) is 0.238. The van der Waals surface area contributed by atoms with Gasteiger partial charge in [0, 0.05) is 40.3 Å². The van der Waals surface area contributed by atoms with Crippen molar-refractivity contribution >= 4 is 39.7 Å². The average molecular weight is 526 g/mol. The van der Waals surface area contributed by atoms with Crippen LogP contribution in [0.2, 0.25) is 5.02 Å². The molecule has 6 rings (SSSR count). The highest BCUT2D eigenvalue weighted by Crippen LogP contribution is 2.39. The van der Waals surface area contributed by atoms with E-state index in [4.69, 9.17) is 16.3 Å². The van der Waals surface area contributed by atoms with E-state index in [1.807, 2.05) is 31.2 Å². The number of Topliss-reactive ketones (excluding diaryl/α,β-unsaturated/α-hetero) is 1. The molecule has 0 radical (unpaired) electrons. The number of hydrogen-bond acceptors (Lipinski definition) is 5. The van der Waals surface area contributed by atoms with E-state index in [0.29, 0.717) is 10.6 Å². The summed E-state index contributed by atoms with van der Waals surface area (Å²) in [7, 11) is 1.65. The van der Waals surface area contributed by atoms with Crippen molar-refractivity contribution in [1.82, 2.24) is 9.88 Å². The van der Waals surface area contributed by atoms with E-state index >= 15 is 0 Å². The summed E-state index contributed by atoms with van der Waals surface area (Å²) >= 11 is 6.53. The van der Waals surface area contributed by atoms with E-state index in [-0.39, 0.29) is 11.7 Å². The first kappa shape index (κ1) is 24.9. The molecule has 0 atom stereocenters. The molecule has 0 amide bonds. The van der Waals surface area contributed by atoms with Crippen LogP contribution in [-0.2, 0) is 6.54 Å². The number of fused-ring (bicyclic) bond motifs is 1. The number of likely N-dealkylation sites (tertiary alicyclic amines) is 1. The highest BCUT2D eigenvalue weighted by molar-refractivity contribution is 6.31. The number of carbonyl (C=O) groups is 1. The van der Waals surface area contributed by atoms with Crippen molar-refractivity contribution in [3.05, 3.63) is 82.5 Å². The number of benzene rings is 3. The standard InChI is InChI=1S/C32H32ClN3O2/c1-20-28(33)16-24(17-30(20)38-2)23-9-12-29-26(15-23)31(27(18-34-29)32(37)22-7-8-22)35-25-10-5-21(6-11-25)19-36-13-3-4-14-36/h5-6,9-12,15-18,22H,3-4,7-8,13-14,19H2,1-2H3,(H,34,35). The second kappa shape index (κ2) is 10.4. The van der Waals surface area contributed by atoms with Crippen molar-refractivity contribution < 1.29 is 9.53 Å². The van der Waals surface area contributed by atoms with Gasteiger partial charge in [0.2, 0.25) is 0 Å². The first-order valence-electron chi connectivity index (χ1n) is 13.4. The molecule has 194 valence electrons. The van der Waals surface area contributed by atoms with Crippen molar-refractivity contribution in [3.8, 4) is 16.9 Å². The van der Waals surface area contributed by atoms with Gasteiger partial charge in [-0.05, 0) is 98.8 Å². The second-order valence-corrected chi connectivity index (χ2v) is 10.9. The molecule has 5 nitrogen and oxygen atoms in total. The highest BCUT2D eigenvalue weighted by atomic mass is 35.5. The van der Waals surface area contributed by atoms with Gasteiger partial charge in [-0.15, -0.1) is 0 Å². The fourth-order valence-electron chi connectivity index (χ4n) is 5.33. The van der Waals surface area contributed by atoms with Crippen LogP contribution in [0.3, 0.4) is 0 Å². The van der Waals surface area contributed by atoms with Crippen LogP contribution in [0.4, 0.5) is 11.4 Å². The monoisotopic (exact) mass is 525 g/mol. The van der Waals surface area contributed by atoms with Crippen LogP contribution in [0.1, 0.15) is 47.2 Å². The third-order valence-corrected chi connectivity index (χ3v) is 8.15. The number of ketones is 1. The molecule has 1 saturated heterocycles. The van der Waals surface area contributed by atoms with Crippen LogP contribution in [0.25, 0.3) is 22.0 Å². The average Bonchev–Trinajstić information content (AvgIpc) is 3.67. The third-order valence-electron chi connectivity index (χ3n) is 7.76.